The van der Waals surface area contributed by atoms with Crippen molar-refractivity contribution in [1.29, 1.82) is 0 Å². The first kappa shape index (κ1) is 12.2. The lowest BCUT2D eigenvalue weighted by atomic mass is 9.93. The summed E-state index contributed by atoms with van der Waals surface area (Å²) in [6, 6.07) is 11.6. The second kappa shape index (κ2) is 5.01. The first-order chi connectivity index (χ1) is 9.77. The van der Waals surface area contributed by atoms with Crippen molar-refractivity contribution in [2.75, 3.05) is 11.5 Å². The molecule has 4 N–H and O–H groups in total. The molecule has 2 heterocycles. The van der Waals surface area contributed by atoms with Gasteiger partial charge in [0.15, 0.2) is 0 Å². The van der Waals surface area contributed by atoms with Crippen molar-refractivity contribution in [1.82, 2.24) is 9.97 Å². The second-order valence-corrected chi connectivity index (χ2v) is 4.46. The molecule has 0 atom stereocenters. The van der Waals surface area contributed by atoms with E-state index in [1.165, 1.54) is 0 Å². The average molecular weight is 262 g/mol. The van der Waals surface area contributed by atoms with Crippen molar-refractivity contribution in [3.8, 4) is 22.3 Å². The Kier molecular flexibility index (Phi) is 3.05. The average Bonchev–Trinajstić information content (AvgIpc) is 2.51. The molecule has 0 saturated heterocycles. The summed E-state index contributed by atoms with van der Waals surface area (Å²) < 4.78 is 0. The number of anilines is 2. The fraction of sp³-hybridized carbons (Fsp3) is 0. The van der Waals surface area contributed by atoms with Crippen LogP contribution in [0.5, 0.6) is 0 Å². The fourth-order valence-electron chi connectivity index (χ4n) is 2.24. The summed E-state index contributed by atoms with van der Waals surface area (Å²) in [6.07, 6.45) is 7.01. The predicted molar refractivity (Wildman–Crippen MR) is 81.7 cm³/mol. The van der Waals surface area contributed by atoms with Crippen molar-refractivity contribution < 1.29 is 0 Å². The molecule has 2 aromatic heterocycles. The number of hydrogen-bond acceptors (Lipinski definition) is 4. The Balaban J connectivity index is 2.29. The van der Waals surface area contributed by atoms with E-state index in [-0.39, 0.29) is 0 Å². The molecule has 0 fully saturated rings. The summed E-state index contributed by atoms with van der Waals surface area (Å²) in [6.45, 7) is 0. The highest BCUT2D eigenvalue weighted by molar-refractivity contribution is 5.95. The van der Waals surface area contributed by atoms with Gasteiger partial charge in [0.25, 0.3) is 0 Å². The molecule has 0 amide bonds. The Bertz CT molecular complexity index is 724. The van der Waals surface area contributed by atoms with Gasteiger partial charge in [-0.25, -0.2) is 0 Å². The summed E-state index contributed by atoms with van der Waals surface area (Å²) in [5, 5.41) is 0. The van der Waals surface area contributed by atoms with Gasteiger partial charge in [-0.2, -0.15) is 0 Å². The van der Waals surface area contributed by atoms with E-state index in [2.05, 4.69) is 9.97 Å². The Labute approximate surface area is 117 Å². The maximum absolute atomic E-state index is 6.19. The number of pyridine rings is 2. The van der Waals surface area contributed by atoms with Crippen LogP contribution in [0, 0.1) is 0 Å². The van der Waals surface area contributed by atoms with Crippen LogP contribution in [0.2, 0.25) is 0 Å². The minimum atomic E-state index is 0.578. The van der Waals surface area contributed by atoms with Crippen molar-refractivity contribution in [2.45, 2.75) is 0 Å². The molecule has 3 rings (SSSR count). The van der Waals surface area contributed by atoms with Gasteiger partial charge in [0.05, 0.1) is 11.4 Å². The molecule has 0 aliphatic carbocycles. The molecular formula is C16H14N4. The topological polar surface area (TPSA) is 77.8 Å². The minimum absolute atomic E-state index is 0.578. The van der Waals surface area contributed by atoms with E-state index in [1.807, 2.05) is 36.4 Å². The molecule has 20 heavy (non-hydrogen) atoms. The minimum Gasteiger partial charge on any atom is -0.397 e. The highest BCUT2D eigenvalue weighted by Crippen LogP contribution is 2.38. The molecule has 1 aromatic carbocycles. The van der Waals surface area contributed by atoms with Crippen LogP contribution in [0.15, 0.2) is 61.2 Å². The van der Waals surface area contributed by atoms with E-state index < -0.39 is 0 Å². The van der Waals surface area contributed by atoms with Crippen molar-refractivity contribution in [3.63, 3.8) is 0 Å². The van der Waals surface area contributed by atoms with Crippen LogP contribution in [0.4, 0.5) is 11.4 Å². The Hall–Kier alpha value is -2.88. The molecule has 98 valence electrons. The van der Waals surface area contributed by atoms with E-state index in [0.29, 0.717) is 11.4 Å². The first-order valence-electron chi connectivity index (χ1n) is 6.26. The van der Waals surface area contributed by atoms with Gasteiger partial charge in [-0.3, -0.25) is 9.97 Å². The molecule has 0 bridgehead atoms. The largest absolute Gasteiger partial charge is 0.397 e. The molecular weight excluding hydrogens is 248 g/mol. The quantitative estimate of drug-likeness (QED) is 0.696. The molecule has 0 spiro atoms. The monoisotopic (exact) mass is 262 g/mol. The van der Waals surface area contributed by atoms with Gasteiger partial charge in [-0.15, -0.1) is 0 Å². The molecule has 0 aliphatic heterocycles. The van der Waals surface area contributed by atoms with Crippen LogP contribution in [0.3, 0.4) is 0 Å². The third kappa shape index (κ3) is 2.07. The SMILES string of the molecule is Nc1ccc(-c2ccncc2)c(-c2ccncc2)c1N. The highest BCUT2D eigenvalue weighted by atomic mass is 14.7. The summed E-state index contributed by atoms with van der Waals surface area (Å²) in [5.41, 5.74) is 17.3. The highest BCUT2D eigenvalue weighted by Gasteiger charge is 2.12. The van der Waals surface area contributed by atoms with E-state index in [9.17, 15) is 0 Å². The maximum Gasteiger partial charge on any atom is 0.0633 e. The van der Waals surface area contributed by atoms with E-state index in [4.69, 9.17) is 11.5 Å². The number of nitrogens with zero attached hydrogens (tertiary/aromatic N) is 2. The zero-order valence-corrected chi connectivity index (χ0v) is 10.8. The van der Waals surface area contributed by atoms with E-state index >= 15 is 0 Å². The van der Waals surface area contributed by atoms with Gasteiger partial charge in [-0.1, -0.05) is 6.07 Å². The van der Waals surface area contributed by atoms with Gasteiger partial charge in [0.1, 0.15) is 0 Å². The predicted octanol–water partition coefficient (Wildman–Crippen LogP) is 2.98. The van der Waals surface area contributed by atoms with E-state index in [1.54, 1.807) is 24.8 Å². The lowest BCUT2D eigenvalue weighted by molar-refractivity contribution is 1.32. The number of nitrogen functional groups attached to an aromatic ring is 2. The van der Waals surface area contributed by atoms with Crippen LogP contribution in [0.25, 0.3) is 22.3 Å². The molecule has 4 heteroatoms. The summed E-state index contributed by atoms with van der Waals surface area (Å²) >= 11 is 0. The Morgan fingerprint density at radius 1 is 0.650 bits per heavy atom. The van der Waals surface area contributed by atoms with Gasteiger partial charge in [0, 0.05) is 30.4 Å². The van der Waals surface area contributed by atoms with Crippen LogP contribution in [-0.4, -0.2) is 9.97 Å². The Morgan fingerprint density at radius 2 is 1.20 bits per heavy atom. The fourth-order valence-corrected chi connectivity index (χ4v) is 2.24. The smallest absolute Gasteiger partial charge is 0.0633 e. The second-order valence-electron chi connectivity index (χ2n) is 4.46. The van der Waals surface area contributed by atoms with E-state index in [0.717, 1.165) is 22.3 Å². The number of nitrogens with two attached hydrogens (primary N) is 2. The normalized spacial score (nSPS) is 10.4. The molecule has 0 radical (unpaired) electrons. The van der Waals surface area contributed by atoms with Crippen molar-refractivity contribution in [3.05, 3.63) is 61.2 Å². The summed E-state index contributed by atoms with van der Waals surface area (Å²) in [4.78, 5) is 8.09. The van der Waals surface area contributed by atoms with Crippen LogP contribution in [-0.2, 0) is 0 Å². The lowest BCUT2D eigenvalue weighted by Crippen LogP contribution is -1.99. The number of aromatic nitrogens is 2. The maximum atomic E-state index is 6.19. The van der Waals surface area contributed by atoms with Crippen LogP contribution < -0.4 is 11.5 Å². The standard InChI is InChI=1S/C16H14N4/c17-14-2-1-13(11-3-7-19-8-4-11)15(16(14)18)12-5-9-20-10-6-12/h1-10H,17-18H2. The van der Waals surface area contributed by atoms with Gasteiger partial charge >= 0.3 is 0 Å². The summed E-state index contributed by atoms with van der Waals surface area (Å²) in [7, 11) is 0. The van der Waals surface area contributed by atoms with Crippen LogP contribution in [0.1, 0.15) is 0 Å². The molecule has 0 aliphatic rings. The zero-order valence-electron chi connectivity index (χ0n) is 10.8. The molecule has 0 unspecified atom stereocenters. The third-order valence-electron chi connectivity index (χ3n) is 3.24. The van der Waals surface area contributed by atoms with Gasteiger partial charge in [-0.05, 0) is 47.0 Å². The number of hydrogen-bond donors (Lipinski definition) is 2. The van der Waals surface area contributed by atoms with Crippen molar-refractivity contribution in [2.24, 2.45) is 0 Å². The lowest BCUT2D eigenvalue weighted by Gasteiger charge is -2.14. The van der Waals surface area contributed by atoms with Crippen molar-refractivity contribution >= 4 is 11.4 Å². The molecule has 3 aromatic rings. The number of benzene rings is 1. The molecule has 0 saturated carbocycles. The number of rotatable bonds is 2. The van der Waals surface area contributed by atoms with Crippen LogP contribution >= 0.6 is 0 Å². The molecule has 4 nitrogen and oxygen atoms in total. The summed E-state index contributed by atoms with van der Waals surface area (Å²) in [5.74, 6) is 0. The third-order valence-corrected chi connectivity index (χ3v) is 3.24. The van der Waals surface area contributed by atoms with Gasteiger partial charge < -0.3 is 11.5 Å². The van der Waals surface area contributed by atoms with Gasteiger partial charge in [0.2, 0.25) is 0 Å². The Morgan fingerprint density at radius 3 is 1.80 bits per heavy atom. The zero-order chi connectivity index (χ0) is 13.9. The first-order valence-corrected chi connectivity index (χ1v) is 6.26.